The van der Waals surface area contributed by atoms with Crippen molar-refractivity contribution in [2.45, 2.75) is 49.4 Å². The molecule has 2 fully saturated rings. The summed E-state index contributed by atoms with van der Waals surface area (Å²) in [5.41, 5.74) is 11.6. The third-order valence-electron chi connectivity index (χ3n) is 6.74. The summed E-state index contributed by atoms with van der Waals surface area (Å²) in [5.74, 6) is -0.0172. The van der Waals surface area contributed by atoms with Crippen LogP contribution in [0.4, 0.5) is 11.8 Å². The molecule has 3 unspecified atom stereocenters. The molecule has 2 aliphatic rings. The second-order valence-corrected chi connectivity index (χ2v) is 12.2. The highest BCUT2D eigenvalue weighted by Gasteiger charge is 2.46. The first kappa shape index (κ1) is 28.0. The normalized spacial score (nSPS) is 29.9. The molecule has 6 heterocycles. The number of hydrogen-bond donors (Lipinski definition) is 7. The molecule has 2 saturated heterocycles. The van der Waals surface area contributed by atoms with Crippen molar-refractivity contribution in [3.05, 3.63) is 29.3 Å². The van der Waals surface area contributed by atoms with Crippen molar-refractivity contribution in [1.29, 1.82) is 0 Å². The first-order valence-electron chi connectivity index (χ1n) is 12.1. The van der Waals surface area contributed by atoms with Crippen molar-refractivity contribution in [2.24, 2.45) is 0 Å². The van der Waals surface area contributed by atoms with Gasteiger partial charge in [0, 0.05) is 6.42 Å². The number of nitrogens with zero attached hydrogens (tertiary/aromatic N) is 7. The number of fused-ring (bicyclic) bond motifs is 2. The summed E-state index contributed by atoms with van der Waals surface area (Å²) >= 11 is 5.21. The summed E-state index contributed by atoms with van der Waals surface area (Å²) < 4.78 is 25.7. The van der Waals surface area contributed by atoms with Crippen LogP contribution in [0.3, 0.4) is 0 Å². The summed E-state index contributed by atoms with van der Waals surface area (Å²) in [4.78, 5) is 45.7. The van der Waals surface area contributed by atoms with Gasteiger partial charge in [-0.15, -0.1) is 0 Å². The van der Waals surface area contributed by atoms with Gasteiger partial charge in [-0.3, -0.25) is 18.9 Å². The van der Waals surface area contributed by atoms with Crippen LogP contribution >= 0.6 is 6.72 Å². The van der Waals surface area contributed by atoms with Gasteiger partial charge in [0.05, 0.1) is 32.0 Å². The van der Waals surface area contributed by atoms with E-state index in [-0.39, 0.29) is 41.6 Å². The van der Waals surface area contributed by atoms with Gasteiger partial charge in [0.25, 0.3) is 5.56 Å². The number of hydrogen-bond acceptors (Lipinski definition) is 16. The molecule has 19 nitrogen and oxygen atoms in total. The Bertz CT molecular complexity index is 1700. The molecule has 0 spiro atoms. The molecule has 0 saturated carbocycles. The Labute approximate surface area is 233 Å². The lowest BCUT2D eigenvalue weighted by molar-refractivity contribution is -0.0571. The van der Waals surface area contributed by atoms with Gasteiger partial charge in [-0.25, -0.2) is 19.9 Å². The molecule has 0 amide bonds. The first-order chi connectivity index (χ1) is 19.6. The molecule has 9 N–H and O–H groups in total. The highest BCUT2D eigenvalue weighted by Crippen LogP contribution is 2.50. The molecular weight excluding hydrogens is 587 g/mol. The topological polar surface area (TPSA) is 277 Å². The number of nitrogens with one attached hydrogen (secondary N) is 1. The number of aliphatic hydroxyl groups excluding tert-OH is 3. The second kappa shape index (κ2) is 10.6. The van der Waals surface area contributed by atoms with Gasteiger partial charge in [0.2, 0.25) is 5.95 Å². The number of H-pyrrole nitrogens is 1. The summed E-state index contributed by atoms with van der Waals surface area (Å²) in [6, 6.07) is 0. The summed E-state index contributed by atoms with van der Waals surface area (Å²) in [5, 5.41) is 31.0. The number of nitrogen functional groups attached to an aromatic ring is 2. The number of aromatic amines is 1. The standard InChI is InChI=1S/C20H25N10O9PS/c21-14-10-15(24-4-23-14)29(5-25-10)19-13(33)12(32)9(38-19)3-36-40(35,41)39-8-1-7(2-31)37-18(8)30-6-26-11-16(30)27-20(22)28-17(11)34/h4-9,12-13,18-19,31-33H,1-3H2,(H,35,41)(H2,21,23,24)(H3,22,27,28,34)/t7-,8+,9+,12?,13?,18+,19+,40?/m0/s1. The van der Waals surface area contributed by atoms with E-state index in [4.69, 9.17) is 41.8 Å². The van der Waals surface area contributed by atoms with E-state index in [9.17, 15) is 25.0 Å². The van der Waals surface area contributed by atoms with Crippen molar-refractivity contribution >= 4 is 52.6 Å². The van der Waals surface area contributed by atoms with Gasteiger partial charge in [0.1, 0.15) is 36.3 Å². The Hall–Kier alpha value is -3.17. The molecular formula is C20H25N10O9PS. The summed E-state index contributed by atoms with van der Waals surface area (Å²) in [6.07, 6.45) is -3.78. The van der Waals surface area contributed by atoms with Crippen molar-refractivity contribution in [1.82, 2.24) is 39.0 Å². The lowest BCUT2D eigenvalue weighted by Crippen LogP contribution is -2.33. The average molecular weight is 613 g/mol. The van der Waals surface area contributed by atoms with E-state index in [0.29, 0.717) is 5.52 Å². The second-order valence-electron chi connectivity index (χ2n) is 9.38. The maximum Gasteiger partial charge on any atom is 0.325 e. The van der Waals surface area contributed by atoms with Crippen LogP contribution in [0.15, 0.2) is 23.8 Å². The van der Waals surface area contributed by atoms with E-state index in [1.165, 1.54) is 28.1 Å². The van der Waals surface area contributed by atoms with Crippen LogP contribution < -0.4 is 17.0 Å². The molecule has 220 valence electrons. The molecule has 21 heteroatoms. The number of nitrogens with two attached hydrogens (primary N) is 2. The maximum absolute atomic E-state index is 12.2. The van der Waals surface area contributed by atoms with E-state index in [1.807, 2.05) is 0 Å². The van der Waals surface area contributed by atoms with E-state index < -0.39 is 61.9 Å². The van der Waals surface area contributed by atoms with Crippen LogP contribution in [-0.2, 0) is 30.3 Å². The minimum Gasteiger partial charge on any atom is -0.394 e. The van der Waals surface area contributed by atoms with Crippen molar-refractivity contribution in [3.63, 3.8) is 0 Å². The van der Waals surface area contributed by atoms with Gasteiger partial charge >= 0.3 is 6.72 Å². The first-order valence-corrected chi connectivity index (χ1v) is 14.7. The molecule has 0 radical (unpaired) electrons. The van der Waals surface area contributed by atoms with E-state index in [0.717, 1.165) is 0 Å². The monoisotopic (exact) mass is 612 g/mol. The third kappa shape index (κ3) is 5.07. The van der Waals surface area contributed by atoms with Gasteiger partial charge in [-0.2, -0.15) is 4.98 Å². The Balaban J connectivity index is 1.16. The van der Waals surface area contributed by atoms with Crippen LogP contribution in [-0.4, -0.2) is 103 Å². The minimum atomic E-state index is -4.03. The number of anilines is 2. The van der Waals surface area contributed by atoms with Gasteiger partial charge in [-0.1, -0.05) is 0 Å². The Morgan fingerprint density at radius 1 is 1.07 bits per heavy atom. The molecule has 41 heavy (non-hydrogen) atoms. The largest absolute Gasteiger partial charge is 0.394 e. The number of aromatic nitrogens is 8. The predicted molar refractivity (Wildman–Crippen MR) is 141 cm³/mol. The Morgan fingerprint density at radius 2 is 1.80 bits per heavy atom. The van der Waals surface area contributed by atoms with Crippen LogP contribution in [0, 0.1) is 0 Å². The van der Waals surface area contributed by atoms with E-state index in [1.54, 1.807) is 0 Å². The number of rotatable bonds is 8. The van der Waals surface area contributed by atoms with Crippen molar-refractivity contribution in [2.75, 3.05) is 24.7 Å². The van der Waals surface area contributed by atoms with Crippen LogP contribution in [0.5, 0.6) is 0 Å². The molecule has 6 rings (SSSR count). The minimum absolute atomic E-state index is 0.00557. The summed E-state index contributed by atoms with van der Waals surface area (Å²) in [7, 11) is 0. The fraction of sp³-hybridized carbons (Fsp3) is 0.500. The third-order valence-corrected chi connectivity index (χ3v) is 8.33. The van der Waals surface area contributed by atoms with Crippen molar-refractivity contribution in [3.8, 4) is 0 Å². The quantitative estimate of drug-likeness (QED) is 0.102. The number of imidazole rings is 2. The number of aliphatic hydroxyl groups is 3. The zero-order valence-electron chi connectivity index (χ0n) is 20.9. The predicted octanol–water partition coefficient (Wildman–Crippen LogP) is -2.36. The lowest BCUT2D eigenvalue weighted by Gasteiger charge is -2.25. The van der Waals surface area contributed by atoms with E-state index >= 15 is 0 Å². The fourth-order valence-corrected chi connectivity index (χ4v) is 6.27. The maximum atomic E-state index is 12.2. The van der Waals surface area contributed by atoms with E-state index in [2.05, 4.69) is 29.9 Å². The van der Waals surface area contributed by atoms with Gasteiger partial charge < -0.3 is 50.2 Å². The smallest absolute Gasteiger partial charge is 0.325 e. The average Bonchev–Trinajstić information content (AvgIpc) is 3.69. The molecule has 4 aromatic rings. The van der Waals surface area contributed by atoms with Crippen LogP contribution in [0.1, 0.15) is 18.9 Å². The van der Waals surface area contributed by atoms with Gasteiger partial charge in [-0.05, 0) is 11.8 Å². The fourth-order valence-electron chi connectivity index (χ4n) is 4.82. The lowest BCUT2D eigenvalue weighted by atomic mass is 10.1. The molecule has 2 aliphatic heterocycles. The van der Waals surface area contributed by atoms with Crippen LogP contribution in [0.25, 0.3) is 22.3 Å². The number of ether oxygens (including phenoxy) is 2. The Morgan fingerprint density at radius 3 is 2.56 bits per heavy atom. The SMILES string of the molecule is Nc1nc2c(ncn2[C@@H]2O[C@H](CO)C[C@H]2OP(O)(=S)OC[C@H]2O[C@@H](n3cnc4c(N)ncnc43)C(O)C2O)c(=O)[nH]1. The molecule has 8 atom stereocenters. The molecule has 0 aliphatic carbocycles. The van der Waals surface area contributed by atoms with Crippen LogP contribution in [0.2, 0.25) is 0 Å². The molecule has 4 aromatic heterocycles. The Kier molecular flexibility index (Phi) is 7.22. The highest BCUT2D eigenvalue weighted by molar-refractivity contribution is 8.07. The summed E-state index contributed by atoms with van der Waals surface area (Å²) in [6.45, 7) is -4.84. The zero-order valence-corrected chi connectivity index (χ0v) is 22.6. The highest BCUT2D eigenvalue weighted by atomic mass is 32.5. The molecule has 0 bridgehead atoms. The van der Waals surface area contributed by atoms with Crippen molar-refractivity contribution < 1.29 is 38.7 Å². The molecule has 0 aromatic carbocycles. The van der Waals surface area contributed by atoms with Gasteiger partial charge in [0.15, 0.2) is 35.1 Å². The zero-order chi connectivity index (χ0) is 29.1.